The SMILES string of the molecule is O=C(OCc1ccc(I)cc1)C1CCC(C(=O)OC(CS(=O)(=O)[O-])(C(F)(F)F)C(F)(F)F)CC1. The van der Waals surface area contributed by atoms with Gasteiger partial charge in [0.25, 0.3) is 0 Å². The summed E-state index contributed by atoms with van der Waals surface area (Å²) in [6, 6.07) is 7.05. The number of alkyl halides is 6. The lowest BCUT2D eigenvalue weighted by Gasteiger charge is -2.38. The molecule has 192 valence electrons. The van der Waals surface area contributed by atoms with Gasteiger partial charge >= 0.3 is 29.9 Å². The third kappa shape index (κ3) is 7.19. The molecule has 0 saturated heterocycles. The molecule has 1 fully saturated rings. The van der Waals surface area contributed by atoms with Crippen LogP contribution in [0, 0.1) is 15.4 Å². The number of carbonyl (C=O) groups is 2. The third-order valence-electron chi connectivity index (χ3n) is 5.26. The fourth-order valence-corrected chi connectivity index (χ4v) is 4.64. The second kappa shape index (κ2) is 10.6. The summed E-state index contributed by atoms with van der Waals surface area (Å²) in [5.41, 5.74) is -4.80. The van der Waals surface area contributed by atoms with Gasteiger partial charge in [-0.2, -0.15) is 26.3 Å². The van der Waals surface area contributed by atoms with Gasteiger partial charge in [-0.25, -0.2) is 8.42 Å². The molecule has 0 aliphatic heterocycles. The molecule has 0 radical (unpaired) electrons. The first-order valence-electron chi connectivity index (χ1n) is 9.66. The highest BCUT2D eigenvalue weighted by Crippen LogP contribution is 2.47. The maximum absolute atomic E-state index is 13.3. The number of ether oxygens (including phenoxy) is 2. The molecule has 0 spiro atoms. The van der Waals surface area contributed by atoms with Crippen LogP contribution in [0.5, 0.6) is 0 Å². The van der Waals surface area contributed by atoms with Crippen LogP contribution >= 0.6 is 22.6 Å². The van der Waals surface area contributed by atoms with E-state index in [9.17, 15) is 48.9 Å². The number of carbonyl (C=O) groups excluding carboxylic acids is 2. The molecule has 1 aromatic carbocycles. The molecule has 2 rings (SSSR count). The van der Waals surface area contributed by atoms with Crippen LogP contribution in [-0.2, 0) is 35.8 Å². The van der Waals surface area contributed by atoms with Crippen molar-refractivity contribution in [1.82, 2.24) is 0 Å². The number of rotatable bonds is 7. The van der Waals surface area contributed by atoms with Crippen molar-refractivity contribution < 1.29 is 58.4 Å². The molecule has 0 aromatic heterocycles. The van der Waals surface area contributed by atoms with Crippen molar-refractivity contribution in [2.45, 2.75) is 50.2 Å². The zero-order valence-electron chi connectivity index (χ0n) is 17.1. The Balaban J connectivity index is 2.03. The van der Waals surface area contributed by atoms with Crippen molar-refractivity contribution in [2.75, 3.05) is 5.75 Å². The van der Waals surface area contributed by atoms with E-state index in [4.69, 9.17) is 4.74 Å². The van der Waals surface area contributed by atoms with Gasteiger partial charge in [0.15, 0.2) is 0 Å². The highest BCUT2D eigenvalue weighted by molar-refractivity contribution is 14.1. The standard InChI is InChI=1S/C19H19F6IO7S/c20-18(21,22)17(19(23,24)25,10-34(29,30)31)33-16(28)13-5-3-12(4-6-13)15(27)32-9-11-1-7-14(26)8-2-11/h1-2,7-8,12-13H,3-6,9-10H2,(H,29,30,31)/p-1. The molecule has 15 heteroatoms. The maximum atomic E-state index is 13.3. The zero-order valence-corrected chi connectivity index (χ0v) is 20.1. The van der Waals surface area contributed by atoms with Crippen molar-refractivity contribution in [3.63, 3.8) is 0 Å². The van der Waals surface area contributed by atoms with Crippen LogP contribution in [0.4, 0.5) is 26.3 Å². The number of esters is 2. The van der Waals surface area contributed by atoms with Crippen LogP contribution < -0.4 is 0 Å². The topological polar surface area (TPSA) is 110 Å². The highest BCUT2D eigenvalue weighted by atomic mass is 127. The largest absolute Gasteiger partial charge is 0.748 e. The molecule has 7 nitrogen and oxygen atoms in total. The molecular weight excluding hydrogens is 613 g/mol. The van der Waals surface area contributed by atoms with Gasteiger partial charge in [-0.05, 0) is 66.0 Å². The maximum Gasteiger partial charge on any atom is 0.438 e. The van der Waals surface area contributed by atoms with Crippen molar-refractivity contribution >= 4 is 44.6 Å². The van der Waals surface area contributed by atoms with E-state index in [0.717, 1.165) is 3.57 Å². The van der Waals surface area contributed by atoms with Gasteiger partial charge in [0.05, 0.1) is 27.7 Å². The lowest BCUT2D eigenvalue weighted by molar-refractivity contribution is -0.362. The first-order chi connectivity index (χ1) is 15.5. The van der Waals surface area contributed by atoms with Crippen LogP contribution in [0.25, 0.3) is 0 Å². The first kappa shape index (κ1) is 28.6. The fourth-order valence-electron chi connectivity index (χ4n) is 3.39. The number of halogens is 7. The molecule has 0 unspecified atom stereocenters. The van der Waals surface area contributed by atoms with Crippen LogP contribution in [0.2, 0.25) is 0 Å². The molecule has 34 heavy (non-hydrogen) atoms. The Kier molecular flexibility index (Phi) is 8.88. The van der Waals surface area contributed by atoms with Crippen molar-refractivity contribution in [3.8, 4) is 0 Å². The smallest absolute Gasteiger partial charge is 0.438 e. The van der Waals surface area contributed by atoms with Crippen molar-refractivity contribution in [1.29, 1.82) is 0 Å². The Hall–Kier alpha value is -1.62. The van der Waals surface area contributed by atoms with E-state index in [2.05, 4.69) is 27.3 Å². The van der Waals surface area contributed by atoms with Crippen LogP contribution in [0.15, 0.2) is 24.3 Å². The molecule has 1 aliphatic rings. The number of hydrogen-bond acceptors (Lipinski definition) is 7. The summed E-state index contributed by atoms with van der Waals surface area (Å²) in [4.78, 5) is 24.4. The molecule has 1 saturated carbocycles. The number of benzene rings is 1. The summed E-state index contributed by atoms with van der Waals surface area (Å²) in [5.74, 6) is -7.82. The van der Waals surface area contributed by atoms with E-state index in [1.54, 1.807) is 24.3 Å². The van der Waals surface area contributed by atoms with Crippen molar-refractivity contribution in [2.24, 2.45) is 11.8 Å². The van der Waals surface area contributed by atoms with Crippen LogP contribution in [-0.4, -0.2) is 48.6 Å². The minimum Gasteiger partial charge on any atom is -0.748 e. The second-order valence-electron chi connectivity index (χ2n) is 7.73. The second-order valence-corrected chi connectivity index (χ2v) is 10.4. The lowest BCUT2D eigenvalue weighted by Crippen LogP contribution is -2.64. The predicted octanol–water partition coefficient (Wildman–Crippen LogP) is 4.09. The minimum atomic E-state index is -6.42. The summed E-state index contributed by atoms with van der Waals surface area (Å²) in [5, 5.41) is 0. The highest BCUT2D eigenvalue weighted by Gasteiger charge is 2.75. The first-order valence-corrected chi connectivity index (χ1v) is 12.3. The monoisotopic (exact) mass is 631 g/mol. The normalized spacial score (nSPS) is 20.0. The number of hydrogen-bond donors (Lipinski definition) is 0. The summed E-state index contributed by atoms with van der Waals surface area (Å²) in [6.45, 7) is -0.0406. The van der Waals surface area contributed by atoms with Gasteiger partial charge in [0.2, 0.25) is 0 Å². The molecule has 1 aliphatic carbocycles. The molecule has 0 N–H and O–H groups in total. The van der Waals surface area contributed by atoms with Gasteiger partial charge in [-0.1, -0.05) is 12.1 Å². The molecular formula is C19H18F6IO7S-. The molecule has 1 aromatic rings. The lowest BCUT2D eigenvalue weighted by atomic mass is 9.82. The Morgan fingerprint density at radius 1 is 0.912 bits per heavy atom. The fraction of sp³-hybridized carbons (Fsp3) is 0.579. The quantitative estimate of drug-likeness (QED) is 0.193. The Morgan fingerprint density at radius 2 is 1.35 bits per heavy atom. The van der Waals surface area contributed by atoms with E-state index >= 15 is 0 Å². The Bertz CT molecular complexity index is 970. The predicted molar refractivity (Wildman–Crippen MR) is 110 cm³/mol. The summed E-state index contributed by atoms with van der Waals surface area (Å²) < 4.78 is 122. The van der Waals surface area contributed by atoms with Crippen LogP contribution in [0.1, 0.15) is 31.2 Å². The molecule has 0 heterocycles. The van der Waals surface area contributed by atoms with Crippen molar-refractivity contribution in [3.05, 3.63) is 33.4 Å². The Labute approximate surface area is 204 Å². The van der Waals surface area contributed by atoms with E-state index in [1.165, 1.54) is 0 Å². The van der Waals surface area contributed by atoms with E-state index in [-0.39, 0.29) is 32.3 Å². The Morgan fingerprint density at radius 3 is 1.76 bits per heavy atom. The van der Waals surface area contributed by atoms with Gasteiger partial charge in [0.1, 0.15) is 6.61 Å². The summed E-state index contributed by atoms with van der Waals surface area (Å²) in [6.07, 6.45) is -13.6. The minimum absolute atomic E-state index is 0.0406. The van der Waals surface area contributed by atoms with Gasteiger partial charge in [-0.3, -0.25) is 9.59 Å². The zero-order chi connectivity index (χ0) is 25.9. The summed E-state index contributed by atoms with van der Waals surface area (Å²) >= 11 is 2.09. The molecule has 0 atom stereocenters. The average molecular weight is 631 g/mol. The van der Waals surface area contributed by atoms with Gasteiger partial charge < -0.3 is 14.0 Å². The van der Waals surface area contributed by atoms with Gasteiger partial charge in [-0.15, -0.1) is 0 Å². The molecule has 0 amide bonds. The van der Waals surface area contributed by atoms with E-state index in [0.29, 0.717) is 5.56 Å². The third-order valence-corrected chi connectivity index (χ3v) is 6.74. The molecule has 0 bridgehead atoms. The van der Waals surface area contributed by atoms with Crippen LogP contribution in [0.3, 0.4) is 0 Å². The summed E-state index contributed by atoms with van der Waals surface area (Å²) in [7, 11) is -6.10. The average Bonchev–Trinajstić information content (AvgIpc) is 2.70. The van der Waals surface area contributed by atoms with E-state index in [1.807, 2.05) is 0 Å². The van der Waals surface area contributed by atoms with Gasteiger partial charge in [0, 0.05) is 3.57 Å². The van der Waals surface area contributed by atoms with E-state index < -0.39 is 57.6 Å².